The monoisotopic (exact) mass is 330 g/mol. The van der Waals surface area contributed by atoms with Crippen LogP contribution in [0.1, 0.15) is 26.7 Å². The molecular formula is C15H23FN2O3S. The topological polar surface area (TPSA) is 66.5 Å². The Bertz CT molecular complexity index is 601. The lowest BCUT2D eigenvalue weighted by atomic mass is 10.0. The predicted octanol–water partition coefficient (Wildman–Crippen LogP) is 2.14. The Morgan fingerprint density at radius 2 is 1.86 bits per heavy atom. The Morgan fingerprint density at radius 3 is 2.36 bits per heavy atom. The zero-order valence-corrected chi connectivity index (χ0v) is 14.0. The lowest BCUT2D eigenvalue weighted by Crippen LogP contribution is -2.40. The average Bonchev–Trinajstić information content (AvgIpc) is 2.45. The minimum Gasteiger partial charge on any atom is -0.354 e. The van der Waals surface area contributed by atoms with E-state index >= 15 is 0 Å². The molecule has 22 heavy (non-hydrogen) atoms. The molecule has 5 nitrogen and oxygen atoms in total. The molecule has 0 fully saturated rings. The van der Waals surface area contributed by atoms with Gasteiger partial charge in [0, 0.05) is 12.5 Å². The van der Waals surface area contributed by atoms with Gasteiger partial charge in [-0.15, -0.1) is 0 Å². The maximum absolute atomic E-state index is 13.8. The summed E-state index contributed by atoms with van der Waals surface area (Å²) in [6.07, 6.45) is 2.47. The molecule has 1 aromatic rings. The first-order valence-electron chi connectivity index (χ1n) is 7.31. The predicted molar refractivity (Wildman–Crippen MR) is 85.7 cm³/mol. The van der Waals surface area contributed by atoms with Crippen molar-refractivity contribution in [2.24, 2.45) is 5.92 Å². The summed E-state index contributed by atoms with van der Waals surface area (Å²) < 4.78 is 38.5. The van der Waals surface area contributed by atoms with Crippen molar-refractivity contribution in [2.45, 2.75) is 26.7 Å². The fourth-order valence-electron chi connectivity index (χ4n) is 2.20. The molecule has 0 atom stereocenters. The number of carbonyl (C=O) groups is 1. The number of halogens is 1. The van der Waals surface area contributed by atoms with Crippen molar-refractivity contribution in [3.05, 3.63) is 30.1 Å². The van der Waals surface area contributed by atoms with Crippen LogP contribution in [0.4, 0.5) is 10.1 Å². The largest absolute Gasteiger partial charge is 0.354 e. The van der Waals surface area contributed by atoms with Crippen LogP contribution in [-0.4, -0.2) is 33.7 Å². The molecule has 1 rings (SSSR count). The molecule has 0 aromatic heterocycles. The van der Waals surface area contributed by atoms with E-state index in [1.807, 2.05) is 13.8 Å². The Balaban J connectivity index is 2.78. The highest BCUT2D eigenvalue weighted by atomic mass is 32.2. The van der Waals surface area contributed by atoms with E-state index in [1.54, 1.807) is 6.07 Å². The fourth-order valence-corrected chi connectivity index (χ4v) is 3.13. The fraction of sp³-hybridized carbons (Fsp3) is 0.533. The summed E-state index contributed by atoms with van der Waals surface area (Å²) >= 11 is 0. The van der Waals surface area contributed by atoms with Crippen LogP contribution in [0.3, 0.4) is 0 Å². The normalized spacial score (nSPS) is 11.5. The number of anilines is 1. The number of nitrogens with one attached hydrogen (secondary N) is 1. The quantitative estimate of drug-likeness (QED) is 0.794. The molecule has 0 saturated heterocycles. The summed E-state index contributed by atoms with van der Waals surface area (Å²) in [4.78, 5) is 11.9. The maximum Gasteiger partial charge on any atom is 0.232 e. The van der Waals surface area contributed by atoms with Crippen molar-refractivity contribution in [2.75, 3.05) is 23.7 Å². The average molecular weight is 330 g/mol. The molecule has 1 N–H and O–H groups in total. The van der Waals surface area contributed by atoms with E-state index in [0.717, 1.165) is 23.4 Å². The van der Waals surface area contributed by atoms with Crippen LogP contribution < -0.4 is 9.62 Å². The van der Waals surface area contributed by atoms with Crippen LogP contribution in [-0.2, 0) is 14.8 Å². The third kappa shape index (κ3) is 4.98. The van der Waals surface area contributed by atoms with Crippen LogP contribution in [0, 0.1) is 11.7 Å². The van der Waals surface area contributed by atoms with Crippen LogP contribution in [0.2, 0.25) is 0 Å². The van der Waals surface area contributed by atoms with Gasteiger partial charge < -0.3 is 5.32 Å². The number of amides is 1. The molecule has 0 aliphatic rings. The minimum absolute atomic E-state index is 0.00828. The van der Waals surface area contributed by atoms with E-state index < -0.39 is 15.8 Å². The van der Waals surface area contributed by atoms with Gasteiger partial charge in [-0.3, -0.25) is 9.10 Å². The minimum atomic E-state index is -3.63. The van der Waals surface area contributed by atoms with Crippen LogP contribution in [0.15, 0.2) is 24.3 Å². The van der Waals surface area contributed by atoms with Gasteiger partial charge in [0.1, 0.15) is 5.82 Å². The molecule has 0 aliphatic carbocycles. The third-order valence-corrected chi connectivity index (χ3v) is 4.67. The first-order valence-corrected chi connectivity index (χ1v) is 9.16. The molecule has 0 bridgehead atoms. The highest BCUT2D eigenvalue weighted by Crippen LogP contribution is 2.20. The summed E-state index contributed by atoms with van der Waals surface area (Å²) in [7, 11) is -3.63. The zero-order chi connectivity index (χ0) is 16.8. The molecule has 0 spiro atoms. The Morgan fingerprint density at radius 1 is 1.27 bits per heavy atom. The second-order valence-electron chi connectivity index (χ2n) is 5.09. The summed E-state index contributed by atoms with van der Waals surface area (Å²) in [5, 5.41) is 2.71. The van der Waals surface area contributed by atoms with E-state index in [4.69, 9.17) is 0 Å². The molecule has 7 heteroatoms. The molecular weight excluding hydrogens is 307 g/mol. The van der Waals surface area contributed by atoms with Gasteiger partial charge in [0.2, 0.25) is 15.9 Å². The number of hydrogen-bond acceptors (Lipinski definition) is 3. The van der Waals surface area contributed by atoms with E-state index in [9.17, 15) is 17.6 Å². The first kappa shape index (κ1) is 18.4. The van der Waals surface area contributed by atoms with Gasteiger partial charge in [-0.25, -0.2) is 12.8 Å². The standard InChI is InChI=1S/C15H23FN2O3S/c1-4-12(5-2)15(19)17-10-11-18(22(3,20)21)14-9-7-6-8-13(14)16/h6-9,12H,4-5,10-11H2,1-3H3,(H,17,19). The van der Waals surface area contributed by atoms with Gasteiger partial charge >= 0.3 is 0 Å². The number of sulfonamides is 1. The van der Waals surface area contributed by atoms with E-state index in [1.165, 1.54) is 18.2 Å². The lowest BCUT2D eigenvalue weighted by molar-refractivity contribution is -0.125. The van der Waals surface area contributed by atoms with E-state index in [2.05, 4.69) is 5.32 Å². The summed E-state index contributed by atoms with van der Waals surface area (Å²) in [5.74, 6) is -0.800. The van der Waals surface area contributed by atoms with E-state index in [0.29, 0.717) is 0 Å². The number of hydrogen-bond donors (Lipinski definition) is 1. The Labute approximate surface area is 131 Å². The molecule has 0 unspecified atom stereocenters. The molecule has 124 valence electrons. The maximum atomic E-state index is 13.8. The molecule has 1 aromatic carbocycles. The van der Waals surface area contributed by atoms with Crippen molar-refractivity contribution in [3.8, 4) is 0 Å². The summed E-state index contributed by atoms with van der Waals surface area (Å²) in [6.45, 7) is 3.98. The highest BCUT2D eigenvalue weighted by molar-refractivity contribution is 7.92. The van der Waals surface area contributed by atoms with E-state index in [-0.39, 0.29) is 30.6 Å². The number of benzene rings is 1. The third-order valence-electron chi connectivity index (χ3n) is 3.49. The van der Waals surface area contributed by atoms with Crippen molar-refractivity contribution >= 4 is 21.6 Å². The second-order valence-corrected chi connectivity index (χ2v) is 7.00. The SMILES string of the molecule is CCC(CC)C(=O)NCCN(c1ccccc1F)S(C)(=O)=O. The van der Waals surface area contributed by atoms with Crippen molar-refractivity contribution in [3.63, 3.8) is 0 Å². The molecule has 0 saturated carbocycles. The second kappa shape index (κ2) is 8.12. The Hall–Kier alpha value is -1.63. The van der Waals surface area contributed by atoms with Crippen LogP contribution in [0.5, 0.6) is 0 Å². The number of carbonyl (C=O) groups excluding carboxylic acids is 1. The molecule has 0 aliphatic heterocycles. The van der Waals surface area contributed by atoms with Crippen molar-refractivity contribution in [1.29, 1.82) is 0 Å². The van der Waals surface area contributed by atoms with Gasteiger partial charge in [0.05, 0.1) is 18.5 Å². The van der Waals surface area contributed by atoms with Crippen molar-refractivity contribution < 1.29 is 17.6 Å². The highest BCUT2D eigenvalue weighted by Gasteiger charge is 2.21. The number of nitrogens with zero attached hydrogens (tertiary/aromatic N) is 1. The van der Waals surface area contributed by atoms with Gasteiger partial charge in [-0.05, 0) is 25.0 Å². The van der Waals surface area contributed by atoms with Crippen molar-refractivity contribution in [1.82, 2.24) is 5.32 Å². The molecule has 0 heterocycles. The summed E-state index contributed by atoms with van der Waals surface area (Å²) in [5.41, 5.74) is -0.0122. The lowest BCUT2D eigenvalue weighted by Gasteiger charge is -2.23. The van der Waals surface area contributed by atoms with Gasteiger partial charge in [-0.2, -0.15) is 0 Å². The number of rotatable bonds is 8. The first-order chi connectivity index (χ1) is 10.3. The van der Waals surface area contributed by atoms with Gasteiger partial charge in [0.25, 0.3) is 0 Å². The Kier molecular flexibility index (Phi) is 6.80. The smallest absolute Gasteiger partial charge is 0.232 e. The van der Waals surface area contributed by atoms with Gasteiger partial charge in [0.15, 0.2) is 0 Å². The van der Waals surface area contributed by atoms with Crippen LogP contribution in [0.25, 0.3) is 0 Å². The number of para-hydroxylation sites is 1. The molecule has 1 amide bonds. The van der Waals surface area contributed by atoms with Gasteiger partial charge in [-0.1, -0.05) is 26.0 Å². The zero-order valence-electron chi connectivity index (χ0n) is 13.2. The summed E-state index contributed by atoms with van der Waals surface area (Å²) in [6, 6.07) is 5.67. The molecule has 0 radical (unpaired) electrons. The van der Waals surface area contributed by atoms with Crippen LogP contribution >= 0.6 is 0 Å².